The van der Waals surface area contributed by atoms with Crippen LogP contribution >= 0.6 is 0 Å². The van der Waals surface area contributed by atoms with Crippen LogP contribution in [-0.4, -0.2) is 21.3 Å². The average Bonchev–Trinajstić information content (AvgIpc) is 2.15. The lowest BCUT2D eigenvalue weighted by molar-refractivity contribution is -0.138. The topological polar surface area (TPSA) is 43.4 Å². The van der Waals surface area contributed by atoms with Gasteiger partial charge in [-0.15, -0.1) is 0 Å². The molecule has 3 nitrogen and oxygen atoms in total. The summed E-state index contributed by atoms with van der Waals surface area (Å²) in [5.41, 5.74) is -0.749. The first kappa shape index (κ1) is 14.0. The Kier molecular flexibility index (Phi) is 4.16. The SMILES string of the molecule is CS(=O)(=O)OCCc1ccccc1C(F)(F)F. The molecule has 0 aliphatic carbocycles. The number of hydrogen-bond donors (Lipinski definition) is 0. The van der Waals surface area contributed by atoms with Gasteiger partial charge in [0.25, 0.3) is 10.1 Å². The maximum atomic E-state index is 12.6. The molecule has 7 heteroatoms. The third kappa shape index (κ3) is 4.74. The molecule has 1 aromatic carbocycles. The smallest absolute Gasteiger partial charge is 0.270 e. The Balaban J connectivity index is 2.78. The van der Waals surface area contributed by atoms with Crippen molar-refractivity contribution in [3.8, 4) is 0 Å². The lowest BCUT2D eigenvalue weighted by Crippen LogP contribution is -2.12. The van der Waals surface area contributed by atoms with Crippen molar-refractivity contribution < 1.29 is 25.8 Å². The van der Waals surface area contributed by atoms with Gasteiger partial charge in [0.1, 0.15) is 0 Å². The number of hydrogen-bond acceptors (Lipinski definition) is 3. The maximum absolute atomic E-state index is 12.6. The van der Waals surface area contributed by atoms with Crippen LogP contribution in [0.1, 0.15) is 11.1 Å². The predicted octanol–water partition coefficient (Wildman–Crippen LogP) is 2.22. The zero-order chi connectivity index (χ0) is 13.1. The summed E-state index contributed by atoms with van der Waals surface area (Å²) in [6, 6.07) is 5.00. The second kappa shape index (κ2) is 5.05. The molecule has 0 aliphatic heterocycles. The Morgan fingerprint density at radius 3 is 2.35 bits per heavy atom. The highest BCUT2D eigenvalue weighted by atomic mass is 32.2. The van der Waals surface area contributed by atoms with Crippen molar-refractivity contribution in [2.24, 2.45) is 0 Å². The zero-order valence-electron chi connectivity index (χ0n) is 8.99. The molecule has 96 valence electrons. The number of halogens is 3. The van der Waals surface area contributed by atoms with Crippen molar-refractivity contribution >= 4 is 10.1 Å². The molecular formula is C10H11F3O3S. The van der Waals surface area contributed by atoms with Crippen LogP contribution in [0.4, 0.5) is 13.2 Å². The van der Waals surface area contributed by atoms with Crippen molar-refractivity contribution in [1.29, 1.82) is 0 Å². The Labute approximate surface area is 97.3 Å². The summed E-state index contributed by atoms with van der Waals surface area (Å²) in [7, 11) is -3.62. The van der Waals surface area contributed by atoms with Gasteiger partial charge in [-0.3, -0.25) is 4.18 Å². The van der Waals surface area contributed by atoms with Gasteiger partial charge in [0.2, 0.25) is 0 Å². The Morgan fingerprint density at radius 2 is 1.82 bits per heavy atom. The normalized spacial score (nSPS) is 12.7. The second-order valence-electron chi connectivity index (χ2n) is 3.43. The summed E-state index contributed by atoms with van der Waals surface area (Å²) in [5.74, 6) is 0. The molecule has 0 spiro atoms. The van der Waals surface area contributed by atoms with Crippen LogP contribution in [0.5, 0.6) is 0 Å². The molecule has 0 radical (unpaired) electrons. The van der Waals surface area contributed by atoms with Crippen molar-refractivity contribution in [3.05, 3.63) is 35.4 Å². The average molecular weight is 268 g/mol. The van der Waals surface area contributed by atoms with Crippen LogP contribution in [0.15, 0.2) is 24.3 Å². The van der Waals surface area contributed by atoms with E-state index in [1.165, 1.54) is 18.2 Å². The van der Waals surface area contributed by atoms with Crippen LogP contribution < -0.4 is 0 Å². The minimum Gasteiger partial charge on any atom is -0.270 e. The van der Waals surface area contributed by atoms with E-state index >= 15 is 0 Å². The van der Waals surface area contributed by atoms with E-state index in [1.54, 1.807) is 0 Å². The fraction of sp³-hybridized carbons (Fsp3) is 0.400. The van der Waals surface area contributed by atoms with Gasteiger partial charge in [-0.1, -0.05) is 18.2 Å². The van der Waals surface area contributed by atoms with Gasteiger partial charge in [-0.2, -0.15) is 21.6 Å². The first-order chi connectivity index (χ1) is 7.70. The molecule has 0 aromatic heterocycles. The highest BCUT2D eigenvalue weighted by molar-refractivity contribution is 7.85. The summed E-state index contributed by atoms with van der Waals surface area (Å²) >= 11 is 0. The Morgan fingerprint density at radius 1 is 1.24 bits per heavy atom. The second-order valence-corrected chi connectivity index (χ2v) is 5.07. The van der Waals surface area contributed by atoms with E-state index in [9.17, 15) is 21.6 Å². The molecule has 0 saturated heterocycles. The molecule has 0 N–H and O–H groups in total. The number of benzene rings is 1. The summed E-state index contributed by atoms with van der Waals surface area (Å²) in [6.07, 6.45) is -3.70. The molecule has 0 bridgehead atoms. The van der Waals surface area contributed by atoms with Gasteiger partial charge in [0, 0.05) is 0 Å². The lowest BCUT2D eigenvalue weighted by atomic mass is 10.0. The van der Waals surface area contributed by atoms with E-state index in [0.717, 1.165) is 12.3 Å². The monoisotopic (exact) mass is 268 g/mol. The standard InChI is InChI=1S/C10H11F3O3S/c1-17(14,15)16-7-6-8-4-2-3-5-9(8)10(11,12)13/h2-5H,6-7H2,1H3. The highest BCUT2D eigenvalue weighted by Gasteiger charge is 2.32. The van der Waals surface area contributed by atoms with Gasteiger partial charge in [0.15, 0.2) is 0 Å². The van der Waals surface area contributed by atoms with Crippen LogP contribution in [0, 0.1) is 0 Å². The molecule has 17 heavy (non-hydrogen) atoms. The van der Waals surface area contributed by atoms with E-state index in [4.69, 9.17) is 0 Å². The lowest BCUT2D eigenvalue weighted by Gasteiger charge is -2.12. The Hall–Kier alpha value is -1.08. The third-order valence-electron chi connectivity index (χ3n) is 1.99. The van der Waals surface area contributed by atoms with Crippen molar-refractivity contribution in [3.63, 3.8) is 0 Å². The van der Waals surface area contributed by atoms with Gasteiger partial charge in [-0.25, -0.2) is 0 Å². The first-order valence-electron chi connectivity index (χ1n) is 4.69. The van der Waals surface area contributed by atoms with Crippen molar-refractivity contribution in [2.45, 2.75) is 12.6 Å². The largest absolute Gasteiger partial charge is 0.416 e. The molecule has 0 atom stereocenters. The van der Waals surface area contributed by atoms with Gasteiger partial charge in [-0.05, 0) is 18.1 Å². The van der Waals surface area contributed by atoms with Crippen molar-refractivity contribution in [1.82, 2.24) is 0 Å². The maximum Gasteiger partial charge on any atom is 0.416 e. The Bertz CT molecular complexity index is 480. The van der Waals surface area contributed by atoms with E-state index in [-0.39, 0.29) is 18.6 Å². The van der Waals surface area contributed by atoms with Crippen LogP contribution in [0.2, 0.25) is 0 Å². The summed E-state index contributed by atoms with van der Waals surface area (Å²) in [5, 5.41) is 0. The fourth-order valence-corrected chi connectivity index (χ4v) is 1.70. The minimum absolute atomic E-state index is 0.0173. The highest BCUT2D eigenvalue weighted by Crippen LogP contribution is 2.31. The van der Waals surface area contributed by atoms with E-state index in [2.05, 4.69) is 4.18 Å². The fourth-order valence-electron chi connectivity index (χ4n) is 1.32. The van der Waals surface area contributed by atoms with Crippen LogP contribution in [0.25, 0.3) is 0 Å². The van der Waals surface area contributed by atoms with Gasteiger partial charge < -0.3 is 0 Å². The summed E-state index contributed by atoms with van der Waals surface area (Å²) in [6.45, 7) is -0.300. The quantitative estimate of drug-likeness (QED) is 0.786. The summed E-state index contributed by atoms with van der Waals surface area (Å²) in [4.78, 5) is 0. The third-order valence-corrected chi connectivity index (χ3v) is 2.59. The predicted molar refractivity (Wildman–Crippen MR) is 55.9 cm³/mol. The minimum atomic E-state index is -4.44. The molecular weight excluding hydrogens is 257 g/mol. The number of alkyl halides is 3. The van der Waals surface area contributed by atoms with Crippen LogP contribution in [-0.2, 0) is 26.9 Å². The molecule has 0 amide bonds. The molecule has 0 heterocycles. The molecule has 0 unspecified atom stereocenters. The zero-order valence-corrected chi connectivity index (χ0v) is 9.81. The molecule has 0 fully saturated rings. The molecule has 0 aliphatic rings. The number of rotatable bonds is 4. The van der Waals surface area contributed by atoms with Gasteiger partial charge in [0.05, 0.1) is 18.4 Å². The molecule has 1 aromatic rings. The van der Waals surface area contributed by atoms with E-state index in [1.807, 2.05) is 0 Å². The summed E-state index contributed by atoms with van der Waals surface area (Å²) < 4.78 is 63.4. The van der Waals surface area contributed by atoms with Gasteiger partial charge >= 0.3 is 6.18 Å². The first-order valence-corrected chi connectivity index (χ1v) is 6.51. The van der Waals surface area contributed by atoms with Crippen molar-refractivity contribution in [2.75, 3.05) is 12.9 Å². The van der Waals surface area contributed by atoms with E-state index < -0.39 is 21.9 Å². The van der Waals surface area contributed by atoms with E-state index in [0.29, 0.717) is 0 Å². The molecule has 1 rings (SSSR count). The molecule has 0 saturated carbocycles. The van der Waals surface area contributed by atoms with Crippen LogP contribution in [0.3, 0.4) is 0 Å².